The van der Waals surface area contributed by atoms with Gasteiger partial charge >= 0.3 is 0 Å². The van der Waals surface area contributed by atoms with Crippen LogP contribution in [-0.2, 0) is 0 Å². The molecule has 1 heterocycles. The monoisotopic (exact) mass is 256 g/mol. The molecule has 1 atom stereocenters. The highest BCUT2D eigenvalue weighted by molar-refractivity contribution is 6.30. The van der Waals surface area contributed by atoms with Crippen LogP contribution in [0.5, 0.6) is 0 Å². The lowest BCUT2D eigenvalue weighted by atomic mass is 10.1. The van der Waals surface area contributed by atoms with E-state index in [0.29, 0.717) is 11.6 Å². The third-order valence-corrected chi connectivity index (χ3v) is 2.76. The topological polar surface area (TPSA) is 74.7 Å². The molecule has 0 saturated carbocycles. The van der Waals surface area contributed by atoms with Crippen LogP contribution >= 0.6 is 11.6 Å². The number of oxime groups is 1. The maximum atomic E-state index is 8.61. The van der Waals surface area contributed by atoms with Crippen molar-refractivity contribution in [1.82, 2.24) is 4.98 Å². The van der Waals surface area contributed by atoms with E-state index >= 15 is 0 Å². The number of nitrogens with two attached hydrogens (primary N) is 1. The largest absolute Gasteiger partial charge is 0.409 e. The van der Waals surface area contributed by atoms with Crippen LogP contribution in [0, 0.1) is 5.92 Å². The Bertz CT molecular complexity index is 380. The number of nitrogens with zero attached hydrogens (tertiary/aromatic N) is 3. The van der Waals surface area contributed by atoms with E-state index in [9.17, 15) is 0 Å². The molecule has 0 bridgehead atoms. The van der Waals surface area contributed by atoms with Crippen LogP contribution in [0.15, 0.2) is 23.5 Å². The average Bonchev–Trinajstić information content (AvgIpc) is 2.35. The zero-order chi connectivity index (χ0) is 12.8. The zero-order valence-electron chi connectivity index (χ0n) is 9.97. The van der Waals surface area contributed by atoms with Gasteiger partial charge in [0.15, 0.2) is 0 Å². The van der Waals surface area contributed by atoms with Crippen molar-refractivity contribution in [3.63, 3.8) is 0 Å². The molecule has 1 aromatic heterocycles. The molecule has 5 nitrogen and oxygen atoms in total. The fourth-order valence-electron chi connectivity index (χ4n) is 1.46. The van der Waals surface area contributed by atoms with E-state index in [1.54, 1.807) is 12.3 Å². The van der Waals surface area contributed by atoms with E-state index in [1.807, 2.05) is 24.8 Å². The molecule has 0 aliphatic heterocycles. The molecule has 17 heavy (non-hydrogen) atoms. The molecule has 1 unspecified atom stereocenters. The van der Waals surface area contributed by atoms with Crippen LogP contribution in [0.1, 0.15) is 13.8 Å². The van der Waals surface area contributed by atoms with Gasteiger partial charge in [-0.25, -0.2) is 4.98 Å². The minimum Gasteiger partial charge on any atom is -0.409 e. The van der Waals surface area contributed by atoms with Crippen LogP contribution in [0.4, 0.5) is 5.82 Å². The summed E-state index contributed by atoms with van der Waals surface area (Å²) in [5, 5.41) is 12.2. The molecule has 0 radical (unpaired) electrons. The lowest BCUT2D eigenvalue weighted by molar-refractivity contribution is 0.314. The first-order valence-electron chi connectivity index (χ1n) is 5.42. The Balaban J connectivity index is 2.75. The first-order chi connectivity index (χ1) is 8.08. The van der Waals surface area contributed by atoms with Crippen molar-refractivity contribution in [2.45, 2.75) is 13.8 Å². The Morgan fingerprint density at radius 3 is 2.82 bits per heavy atom. The summed E-state index contributed by atoms with van der Waals surface area (Å²) in [5.74, 6) is 1.00. The third-order valence-electron chi connectivity index (χ3n) is 2.53. The van der Waals surface area contributed by atoms with Crippen molar-refractivity contribution < 1.29 is 5.21 Å². The van der Waals surface area contributed by atoms with Crippen LogP contribution in [0.25, 0.3) is 0 Å². The minimum absolute atomic E-state index is 0.0440. The van der Waals surface area contributed by atoms with E-state index in [-0.39, 0.29) is 11.8 Å². The molecular formula is C11H17ClN4O. The highest BCUT2D eigenvalue weighted by atomic mass is 35.5. The van der Waals surface area contributed by atoms with Crippen molar-refractivity contribution in [2.75, 3.05) is 18.0 Å². The van der Waals surface area contributed by atoms with Gasteiger partial charge in [0.05, 0.1) is 5.02 Å². The lowest BCUT2D eigenvalue weighted by Gasteiger charge is -2.24. The number of pyridine rings is 1. The van der Waals surface area contributed by atoms with E-state index in [4.69, 9.17) is 22.5 Å². The van der Waals surface area contributed by atoms with E-state index in [0.717, 1.165) is 12.4 Å². The molecule has 3 N–H and O–H groups in total. The summed E-state index contributed by atoms with van der Waals surface area (Å²) in [6, 6.07) is 3.64. The zero-order valence-corrected chi connectivity index (χ0v) is 10.7. The summed E-state index contributed by atoms with van der Waals surface area (Å²) in [7, 11) is 0. The number of hydrogen-bond acceptors (Lipinski definition) is 4. The molecule has 0 aromatic carbocycles. The van der Waals surface area contributed by atoms with E-state index < -0.39 is 0 Å². The summed E-state index contributed by atoms with van der Waals surface area (Å²) in [4.78, 5) is 6.28. The van der Waals surface area contributed by atoms with Gasteiger partial charge < -0.3 is 15.8 Å². The molecular weight excluding hydrogens is 240 g/mol. The molecule has 0 spiro atoms. The molecule has 0 aliphatic carbocycles. The number of aromatic nitrogens is 1. The van der Waals surface area contributed by atoms with Gasteiger partial charge in [0.25, 0.3) is 0 Å². The Hall–Kier alpha value is -1.49. The molecule has 0 saturated heterocycles. The number of anilines is 1. The third kappa shape index (κ3) is 3.78. The normalized spacial score (nSPS) is 13.5. The number of hydrogen-bond donors (Lipinski definition) is 2. The van der Waals surface area contributed by atoms with Gasteiger partial charge in [-0.1, -0.05) is 23.7 Å². The SMILES string of the molecule is CCN(CC(C)/C(N)=N/O)c1ccc(Cl)cn1. The predicted molar refractivity (Wildman–Crippen MR) is 69.7 cm³/mol. The second-order valence-electron chi connectivity index (χ2n) is 3.80. The Labute approximate surface area is 106 Å². The quantitative estimate of drug-likeness (QED) is 0.365. The summed E-state index contributed by atoms with van der Waals surface area (Å²) >= 11 is 5.78. The molecule has 0 amide bonds. The van der Waals surface area contributed by atoms with Crippen LogP contribution in [-0.4, -0.2) is 29.1 Å². The second kappa shape index (κ2) is 6.30. The second-order valence-corrected chi connectivity index (χ2v) is 4.24. The van der Waals surface area contributed by atoms with Crippen molar-refractivity contribution in [3.8, 4) is 0 Å². The highest BCUT2D eigenvalue weighted by Gasteiger charge is 2.13. The van der Waals surface area contributed by atoms with Gasteiger partial charge in [-0.2, -0.15) is 0 Å². The van der Waals surface area contributed by atoms with Gasteiger partial charge in [0.1, 0.15) is 11.7 Å². The maximum Gasteiger partial charge on any atom is 0.143 e. The van der Waals surface area contributed by atoms with E-state index in [1.165, 1.54) is 0 Å². The van der Waals surface area contributed by atoms with Crippen LogP contribution < -0.4 is 10.6 Å². The van der Waals surface area contributed by atoms with Gasteiger partial charge in [-0.15, -0.1) is 0 Å². The number of amidine groups is 1. The first kappa shape index (κ1) is 13.6. The van der Waals surface area contributed by atoms with Gasteiger partial charge in [-0.05, 0) is 19.1 Å². The van der Waals surface area contributed by atoms with Crippen molar-refractivity contribution in [3.05, 3.63) is 23.4 Å². The van der Waals surface area contributed by atoms with Gasteiger partial charge in [-0.3, -0.25) is 0 Å². The maximum absolute atomic E-state index is 8.61. The van der Waals surface area contributed by atoms with Gasteiger partial charge in [0.2, 0.25) is 0 Å². The smallest absolute Gasteiger partial charge is 0.143 e. The predicted octanol–water partition coefficient (Wildman–Crippen LogP) is 1.94. The van der Waals surface area contributed by atoms with Gasteiger partial charge in [0, 0.05) is 25.2 Å². The van der Waals surface area contributed by atoms with E-state index in [2.05, 4.69) is 10.1 Å². The van der Waals surface area contributed by atoms with Crippen LogP contribution in [0.2, 0.25) is 5.02 Å². The number of rotatable bonds is 5. The van der Waals surface area contributed by atoms with Crippen molar-refractivity contribution in [2.24, 2.45) is 16.8 Å². The van der Waals surface area contributed by atoms with Crippen molar-refractivity contribution in [1.29, 1.82) is 0 Å². The molecule has 6 heteroatoms. The average molecular weight is 257 g/mol. The Morgan fingerprint density at radius 1 is 1.65 bits per heavy atom. The summed E-state index contributed by atoms with van der Waals surface area (Å²) in [5.41, 5.74) is 5.55. The summed E-state index contributed by atoms with van der Waals surface area (Å²) < 4.78 is 0. The molecule has 94 valence electrons. The number of halogens is 1. The standard InChI is InChI=1S/C11H17ClN4O/c1-3-16(7-8(2)11(13)15-17)10-5-4-9(12)6-14-10/h4-6,8,17H,3,7H2,1-2H3,(H2,13,15). The first-order valence-corrected chi connectivity index (χ1v) is 5.80. The fourth-order valence-corrected chi connectivity index (χ4v) is 1.57. The van der Waals surface area contributed by atoms with Crippen LogP contribution in [0.3, 0.4) is 0 Å². The fraction of sp³-hybridized carbons (Fsp3) is 0.455. The summed E-state index contributed by atoms with van der Waals surface area (Å²) in [6.07, 6.45) is 1.60. The molecule has 0 fully saturated rings. The Kier molecular flexibility index (Phi) is 5.03. The molecule has 1 aromatic rings. The summed E-state index contributed by atoms with van der Waals surface area (Å²) in [6.45, 7) is 5.35. The highest BCUT2D eigenvalue weighted by Crippen LogP contribution is 2.15. The van der Waals surface area contributed by atoms with Crippen molar-refractivity contribution >= 4 is 23.3 Å². The minimum atomic E-state index is -0.0440. The lowest BCUT2D eigenvalue weighted by Crippen LogP contribution is -2.35. The molecule has 1 rings (SSSR count). The molecule has 0 aliphatic rings. The Morgan fingerprint density at radius 2 is 2.35 bits per heavy atom.